The van der Waals surface area contributed by atoms with Gasteiger partial charge in [-0.1, -0.05) is 27.2 Å². The number of hydrogen-bond donors (Lipinski definition) is 0. The summed E-state index contributed by atoms with van der Waals surface area (Å²) in [7, 11) is 0. The highest BCUT2D eigenvalue weighted by molar-refractivity contribution is 5.34. The van der Waals surface area contributed by atoms with Gasteiger partial charge in [0.1, 0.15) is 11.9 Å². The summed E-state index contributed by atoms with van der Waals surface area (Å²) in [6.45, 7) is 6.89. The molecule has 2 heteroatoms. The fourth-order valence-electron chi connectivity index (χ4n) is 3.03. The van der Waals surface area contributed by atoms with Gasteiger partial charge in [-0.3, -0.25) is 0 Å². The molecule has 0 bridgehead atoms. The van der Waals surface area contributed by atoms with Crippen molar-refractivity contribution in [2.45, 2.75) is 46.1 Å². The predicted molar refractivity (Wildman–Crippen MR) is 76.9 cm³/mol. The van der Waals surface area contributed by atoms with Gasteiger partial charge >= 0.3 is 0 Å². The predicted octanol–water partition coefficient (Wildman–Crippen LogP) is 4.40. The molecule has 0 heterocycles. The van der Waals surface area contributed by atoms with Crippen LogP contribution in [0.3, 0.4) is 0 Å². The average molecular weight is 257 g/mol. The van der Waals surface area contributed by atoms with E-state index in [1.807, 2.05) is 24.3 Å². The Morgan fingerprint density at radius 2 is 1.89 bits per heavy atom. The molecule has 102 valence electrons. The van der Waals surface area contributed by atoms with Crippen molar-refractivity contribution >= 4 is 0 Å². The van der Waals surface area contributed by atoms with Crippen LogP contribution in [0.25, 0.3) is 0 Å². The zero-order chi connectivity index (χ0) is 13.8. The quantitative estimate of drug-likeness (QED) is 0.804. The summed E-state index contributed by atoms with van der Waals surface area (Å²) in [5.74, 6) is 2.95. The van der Waals surface area contributed by atoms with Crippen molar-refractivity contribution in [2.24, 2.45) is 17.8 Å². The Morgan fingerprint density at radius 3 is 2.47 bits per heavy atom. The Bertz CT molecular complexity index is 443. The van der Waals surface area contributed by atoms with Crippen LogP contribution in [-0.2, 0) is 0 Å². The first-order valence-electron chi connectivity index (χ1n) is 7.27. The molecule has 1 saturated carbocycles. The lowest BCUT2D eigenvalue weighted by Gasteiger charge is -2.37. The van der Waals surface area contributed by atoms with Crippen molar-refractivity contribution in [3.05, 3.63) is 29.8 Å². The molecule has 19 heavy (non-hydrogen) atoms. The number of rotatable bonds is 3. The lowest BCUT2D eigenvalue weighted by molar-refractivity contribution is 0.0460. The molecule has 0 aliphatic heterocycles. The van der Waals surface area contributed by atoms with Crippen LogP contribution in [0.4, 0.5) is 0 Å². The number of hydrogen-bond acceptors (Lipinski definition) is 2. The van der Waals surface area contributed by atoms with Gasteiger partial charge in [0, 0.05) is 0 Å². The highest BCUT2D eigenvalue weighted by atomic mass is 16.5. The fourth-order valence-corrected chi connectivity index (χ4v) is 3.03. The summed E-state index contributed by atoms with van der Waals surface area (Å²) in [6.07, 6.45) is 4.04. The molecule has 0 amide bonds. The van der Waals surface area contributed by atoms with Crippen molar-refractivity contribution in [2.75, 3.05) is 0 Å². The van der Waals surface area contributed by atoms with E-state index in [2.05, 4.69) is 26.8 Å². The molecule has 0 spiro atoms. The van der Waals surface area contributed by atoms with Gasteiger partial charge in [0.25, 0.3) is 0 Å². The summed E-state index contributed by atoms with van der Waals surface area (Å²) in [6, 6.07) is 9.61. The molecule has 0 N–H and O–H groups in total. The zero-order valence-electron chi connectivity index (χ0n) is 12.1. The standard InChI is InChI=1S/C17H23NO/c1-12(2)16-9-4-13(3)10-17(16)19-15-7-5-14(11-18)6-8-15/h5-8,12-13,16-17H,4,9-10H2,1-3H3/t13-,16?,17?/m1/s1. The van der Waals surface area contributed by atoms with E-state index in [1.54, 1.807) is 0 Å². The van der Waals surface area contributed by atoms with Crippen molar-refractivity contribution in [1.29, 1.82) is 5.26 Å². The van der Waals surface area contributed by atoms with E-state index in [0.717, 1.165) is 18.1 Å². The monoisotopic (exact) mass is 257 g/mol. The maximum absolute atomic E-state index is 8.81. The SMILES string of the molecule is CC(C)C1CC[C@@H](C)CC1Oc1ccc(C#N)cc1. The molecule has 1 aliphatic carbocycles. The van der Waals surface area contributed by atoms with Gasteiger partial charge in [0.2, 0.25) is 0 Å². The molecule has 3 atom stereocenters. The lowest BCUT2D eigenvalue weighted by atomic mass is 9.75. The average Bonchev–Trinajstić information content (AvgIpc) is 2.39. The van der Waals surface area contributed by atoms with Gasteiger partial charge < -0.3 is 4.74 Å². The zero-order valence-corrected chi connectivity index (χ0v) is 12.1. The van der Waals surface area contributed by atoms with Gasteiger partial charge in [0.15, 0.2) is 0 Å². The van der Waals surface area contributed by atoms with Crippen molar-refractivity contribution in [3.8, 4) is 11.8 Å². The molecule has 0 radical (unpaired) electrons. The van der Waals surface area contributed by atoms with Crippen LogP contribution < -0.4 is 4.74 Å². The Balaban J connectivity index is 2.07. The van der Waals surface area contributed by atoms with Crippen LogP contribution in [0, 0.1) is 29.1 Å². The van der Waals surface area contributed by atoms with Crippen LogP contribution >= 0.6 is 0 Å². The topological polar surface area (TPSA) is 33.0 Å². The van der Waals surface area contributed by atoms with Crippen molar-refractivity contribution in [3.63, 3.8) is 0 Å². The van der Waals surface area contributed by atoms with Crippen LogP contribution in [0.15, 0.2) is 24.3 Å². The molecule has 2 unspecified atom stereocenters. The Morgan fingerprint density at radius 1 is 1.21 bits per heavy atom. The third kappa shape index (κ3) is 3.50. The van der Waals surface area contributed by atoms with E-state index < -0.39 is 0 Å². The molecular formula is C17H23NO. The largest absolute Gasteiger partial charge is 0.490 e. The summed E-state index contributed by atoms with van der Waals surface area (Å²) in [5.41, 5.74) is 0.685. The van der Waals surface area contributed by atoms with E-state index in [0.29, 0.717) is 23.5 Å². The summed E-state index contributed by atoms with van der Waals surface area (Å²) in [5, 5.41) is 8.81. The molecule has 2 nitrogen and oxygen atoms in total. The van der Waals surface area contributed by atoms with Crippen molar-refractivity contribution in [1.82, 2.24) is 0 Å². The number of ether oxygens (including phenoxy) is 1. The molecule has 1 aliphatic rings. The van der Waals surface area contributed by atoms with Crippen molar-refractivity contribution < 1.29 is 4.74 Å². The Hall–Kier alpha value is -1.49. The Kier molecular flexibility index (Phi) is 4.47. The van der Waals surface area contributed by atoms with Crippen LogP contribution in [-0.4, -0.2) is 6.10 Å². The van der Waals surface area contributed by atoms with E-state index in [-0.39, 0.29) is 0 Å². The van der Waals surface area contributed by atoms with E-state index in [4.69, 9.17) is 10.00 Å². The van der Waals surface area contributed by atoms with E-state index >= 15 is 0 Å². The molecular weight excluding hydrogens is 234 g/mol. The van der Waals surface area contributed by atoms with Gasteiger partial charge in [-0.05, 0) is 54.9 Å². The smallest absolute Gasteiger partial charge is 0.119 e. The molecule has 1 fully saturated rings. The minimum Gasteiger partial charge on any atom is -0.490 e. The highest BCUT2D eigenvalue weighted by Crippen LogP contribution is 2.35. The first kappa shape index (κ1) is 13.9. The normalized spacial score (nSPS) is 27.0. The van der Waals surface area contributed by atoms with Crippen LogP contribution in [0.5, 0.6) is 5.75 Å². The molecule has 0 aromatic heterocycles. The fraction of sp³-hybridized carbons (Fsp3) is 0.588. The summed E-state index contributed by atoms with van der Waals surface area (Å²) >= 11 is 0. The van der Waals surface area contributed by atoms with E-state index in [9.17, 15) is 0 Å². The van der Waals surface area contributed by atoms with Gasteiger partial charge in [-0.25, -0.2) is 0 Å². The molecule has 2 rings (SSSR count). The second-order valence-electron chi connectivity index (χ2n) is 6.12. The second-order valence-corrected chi connectivity index (χ2v) is 6.12. The number of benzene rings is 1. The van der Waals surface area contributed by atoms with Gasteiger partial charge in [-0.15, -0.1) is 0 Å². The molecule has 1 aromatic carbocycles. The maximum Gasteiger partial charge on any atom is 0.119 e. The summed E-state index contributed by atoms with van der Waals surface area (Å²) in [4.78, 5) is 0. The van der Waals surface area contributed by atoms with Crippen LogP contribution in [0.2, 0.25) is 0 Å². The minimum atomic E-state index is 0.316. The first-order chi connectivity index (χ1) is 9.10. The van der Waals surface area contributed by atoms with E-state index in [1.165, 1.54) is 12.8 Å². The number of nitrogens with zero attached hydrogens (tertiary/aromatic N) is 1. The second kappa shape index (κ2) is 6.10. The molecule has 0 saturated heterocycles. The minimum absolute atomic E-state index is 0.316. The summed E-state index contributed by atoms with van der Waals surface area (Å²) < 4.78 is 6.19. The Labute approximate surface area is 116 Å². The maximum atomic E-state index is 8.81. The number of nitriles is 1. The van der Waals surface area contributed by atoms with Gasteiger partial charge in [0.05, 0.1) is 11.6 Å². The highest BCUT2D eigenvalue weighted by Gasteiger charge is 2.32. The molecule has 1 aromatic rings. The first-order valence-corrected chi connectivity index (χ1v) is 7.27. The van der Waals surface area contributed by atoms with Gasteiger partial charge in [-0.2, -0.15) is 5.26 Å². The third-order valence-electron chi connectivity index (χ3n) is 4.23. The van der Waals surface area contributed by atoms with Crippen LogP contribution in [0.1, 0.15) is 45.6 Å². The third-order valence-corrected chi connectivity index (χ3v) is 4.23. The lowest BCUT2D eigenvalue weighted by Crippen LogP contribution is -2.36.